The first-order chi connectivity index (χ1) is 15.1. The molecule has 1 atom stereocenters. The molecule has 0 unspecified atom stereocenters. The van der Waals surface area contributed by atoms with Crippen molar-refractivity contribution in [3.63, 3.8) is 0 Å². The number of ether oxygens (including phenoxy) is 2. The van der Waals surface area contributed by atoms with E-state index < -0.39 is 6.10 Å². The summed E-state index contributed by atoms with van der Waals surface area (Å²) in [5, 5.41) is 13.7. The maximum absolute atomic E-state index is 13.0. The van der Waals surface area contributed by atoms with E-state index in [1.165, 1.54) is 12.1 Å². The van der Waals surface area contributed by atoms with Gasteiger partial charge in [-0.3, -0.25) is 4.90 Å². The van der Waals surface area contributed by atoms with Gasteiger partial charge in [0.15, 0.2) is 11.5 Å². The van der Waals surface area contributed by atoms with Crippen molar-refractivity contribution in [1.29, 1.82) is 0 Å². The van der Waals surface area contributed by atoms with Crippen molar-refractivity contribution in [3.8, 4) is 11.5 Å². The lowest BCUT2D eigenvalue weighted by Gasteiger charge is -2.34. The predicted molar refractivity (Wildman–Crippen MR) is 120 cm³/mol. The molecule has 0 saturated carbocycles. The molecule has 7 heteroatoms. The van der Waals surface area contributed by atoms with Gasteiger partial charge in [-0.15, -0.1) is 0 Å². The molecule has 0 bridgehead atoms. The van der Waals surface area contributed by atoms with E-state index in [0.717, 1.165) is 43.9 Å². The van der Waals surface area contributed by atoms with Gasteiger partial charge < -0.3 is 24.8 Å². The molecule has 0 spiro atoms. The second-order valence-corrected chi connectivity index (χ2v) is 7.91. The number of aliphatic hydroxyl groups is 1. The van der Waals surface area contributed by atoms with Crippen LogP contribution in [0, 0.1) is 5.82 Å². The van der Waals surface area contributed by atoms with Crippen LogP contribution in [-0.2, 0) is 13.1 Å². The van der Waals surface area contributed by atoms with Crippen LogP contribution < -0.4 is 14.8 Å². The highest BCUT2D eigenvalue weighted by Gasteiger charge is 2.19. The van der Waals surface area contributed by atoms with Crippen LogP contribution in [0.15, 0.2) is 42.5 Å². The van der Waals surface area contributed by atoms with Crippen molar-refractivity contribution in [1.82, 2.24) is 15.1 Å². The summed E-state index contributed by atoms with van der Waals surface area (Å²) < 4.78 is 24.3. The number of β-amino-alcohol motifs (C(OH)–C–C–N with tert-alkyl or cyclic N) is 1. The molecule has 1 aliphatic rings. The fraction of sp³-hybridized carbons (Fsp3) is 0.500. The lowest BCUT2D eigenvalue weighted by Crippen LogP contribution is -2.49. The van der Waals surface area contributed by atoms with Gasteiger partial charge in [0.05, 0.1) is 7.11 Å². The van der Waals surface area contributed by atoms with Crippen LogP contribution >= 0.6 is 0 Å². The lowest BCUT2D eigenvalue weighted by molar-refractivity contribution is 0.0464. The lowest BCUT2D eigenvalue weighted by atomic mass is 10.2. The van der Waals surface area contributed by atoms with Crippen molar-refractivity contribution in [3.05, 3.63) is 59.4 Å². The SMILES string of the molecule is CCN1CCN(C[C@@H](O)COc2ccc(CNCc3ccc(F)cc3)cc2OC)CC1. The van der Waals surface area contributed by atoms with Crippen LogP contribution in [0.5, 0.6) is 11.5 Å². The topological polar surface area (TPSA) is 57.2 Å². The molecule has 31 heavy (non-hydrogen) atoms. The third-order valence-electron chi connectivity index (χ3n) is 5.61. The number of hydrogen-bond acceptors (Lipinski definition) is 6. The summed E-state index contributed by atoms with van der Waals surface area (Å²) >= 11 is 0. The van der Waals surface area contributed by atoms with Gasteiger partial charge in [-0.05, 0) is 41.9 Å². The Bertz CT molecular complexity index is 795. The van der Waals surface area contributed by atoms with E-state index in [1.807, 2.05) is 18.2 Å². The number of aliphatic hydroxyl groups excluding tert-OH is 1. The second kappa shape index (κ2) is 12.0. The monoisotopic (exact) mass is 431 g/mol. The van der Waals surface area contributed by atoms with Crippen molar-refractivity contribution in [2.75, 3.05) is 53.0 Å². The minimum absolute atomic E-state index is 0.228. The van der Waals surface area contributed by atoms with E-state index in [2.05, 4.69) is 22.0 Å². The minimum atomic E-state index is -0.546. The Morgan fingerprint density at radius 1 is 0.968 bits per heavy atom. The Labute approximate surface area is 184 Å². The number of benzene rings is 2. The summed E-state index contributed by atoms with van der Waals surface area (Å²) in [6, 6.07) is 12.3. The molecule has 0 aliphatic carbocycles. The van der Waals surface area contributed by atoms with Crippen molar-refractivity contribution >= 4 is 0 Å². The Hall–Kier alpha value is -2.19. The quantitative estimate of drug-likeness (QED) is 0.570. The predicted octanol–water partition coefficient (Wildman–Crippen LogP) is 2.50. The molecule has 1 saturated heterocycles. The molecule has 0 amide bonds. The first-order valence-electron chi connectivity index (χ1n) is 10.9. The maximum atomic E-state index is 13.0. The number of nitrogens with zero attached hydrogens (tertiary/aromatic N) is 2. The van der Waals surface area contributed by atoms with E-state index in [9.17, 15) is 9.50 Å². The van der Waals surface area contributed by atoms with Crippen LogP contribution in [-0.4, -0.2) is 74.0 Å². The Balaban J connectivity index is 1.44. The van der Waals surface area contributed by atoms with Crippen LogP contribution in [0.3, 0.4) is 0 Å². The van der Waals surface area contributed by atoms with Crippen LogP contribution in [0.2, 0.25) is 0 Å². The number of rotatable bonds is 11. The van der Waals surface area contributed by atoms with Gasteiger partial charge in [0.1, 0.15) is 18.5 Å². The highest BCUT2D eigenvalue weighted by Crippen LogP contribution is 2.28. The number of halogens is 1. The molecule has 6 nitrogen and oxygen atoms in total. The first kappa shape index (κ1) is 23.5. The van der Waals surface area contributed by atoms with E-state index in [1.54, 1.807) is 19.2 Å². The highest BCUT2D eigenvalue weighted by atomic mass is 19.1. The molecular weight excluding hydrogens is 397 g/mol. The summed E-state index contributed by atoms with van der Waals surface area (Å²) in [5.41, 5.74) is 2.08. The normalized spacial score (nSPS) is 16.3. The number of likely N-dealkylation sites (N-methyl/N-ethyl adjacent to an activating group) is 1. The molecule has 0 radical (unpaired) electrons. The zero-order valence-electron chi connectivity index (χ0n) is 18.5. The van der Waals surface area contributed by atoms with Gasteiger partial charge in [0, 0.05) is 45.8 Å². The van der Waals surface area contributed by atoms with Gasteiger partial charge in [0.25, 0.3) is 0 Å². The minimum Gasteiger partial charge on any atom is -0.493 e. The zero-order chi connectivity index (χ0) is 22.1. The molecule has 2 aromatic carbocycles. The fourth-order valence-electron chi connectivity index (χ4n) is 3.72. The molecule has 170 valence electrons. The summed E-state index contributed by atoms with van der Waals surface area (Å²) in [6.45, 7) is 9.47. The average Bonchev–Trinajstić information content (AvgIpc) is 2.80. The zero-order valence-corrected chi connectivity index (χ0v) is 18.5. The van der Waals surface area contributed by atoms with Crippen molar-refractivity contribution in [2.24, 2.45) is 0 Å². The molecule has 3 rings (SSSR count). The van der Waals surface area contributed by atoms with Gasteiger partial charge in [0.2, 0.25) is 0 Å². The Kier molecular flexibility index (Phi) is 9.09. The maximum Gasteiger partial charge on any atom is 0.161 e. The number of nitrogens with one attached hydrogen (secondary N) is 1. The fourth-order valence-corrected chi connectivity index (χ4v) is 3.72. The van der Waals surface area contributed by atoms with E-state index >= 15 is 0 Å². The van der Waals surface area contributed by atoms with Crippen LogP contribution in [0.4, 0.5) is 4.39 Å². The van der Waals surface area contributed by atoms with Gasteiger partial charge >= 0.3 is 0 Å². The summed E-state index contributed by atoms with van der Waals surface area (Å²) in [7, 11) is 1.61. The highest BCUT2D eigenvalue weighted by molar-refractivity contribution is 5.43. The van der Waals surface area contributed by atoms with E-state index in [0.29, 0.717) is 31.1 Å². The molecule has 1 heterocycles. The smallest absolute Gasteiger partial charge is 0.161 e. The molecule has 1 fully saturated rings. The van der Waals surface area contributed by atoms with Gasteiger partial charge in [-0.2, -0.15) is 0 Å². The third kappa shape index (κ3) is 7.47. The second-order valence-electron chi connectivity index (χ2n) is 7.91. The standard InChI is InChI=1S/C24H34FN3O3/c1-3-27-10-12-28(13-11-27)17-22(29)18-31-23-9-6-20(14-24(23)30-2)16-26-15-19-4-7-21(25)8-5-19/h4-9,14,22,26,29H,3,10-13,15-18H2,1-2H3/t22-/m1/s1. The molecule has 2 N–H and O–H groups in total. The Morgan fingerprint density at radius 2 is 1.61 bits per heavy atom. The Morgan fingerprint density at radius 3 is 2.29 bits per heavy atom. The molecule has 0 aromatic heterocycles. The first-order valence-corrected chi connectivity index (χ1v) is 10.9. The molecule has 2 aromatic rings. The van der Waals surface area contributed by atoms with Gasteiger partial charge in [-0.25, -0.2) is 4.39 Å². The third-order valence-corrected chi connectivity index (χ3v) is 5.61. The van der Waals surface area contributed by atoms with Crippen LogP contribution in [0.1, 0.15) is 18.1 Å². The summed E-state index contributed by atoms with van der Waals surface area (Å²) in [4.78, 5) is 4.70. The molecular formula is C24H34FN3O3. The van der Waals surface area contributed by atoms with Gasteiger partial charge in [-0.1, -0.05) is 25.1 Å². The number of methoxy groups -OCH3 is 1. The van der Waals surface area contributed by atoms with E-state index in [4.69, 9.17) is 9.47 Å². The van der Waals surface area contributed by atoms with Crippen molar-refractivity contribution in [2.45, 2.75) is 26.1 Å². The van der Waals surface area contributed by atoms with Crippen LogP contribution in [0.25, 0.3) is 0 Å². The van der Waals surface area contributed by atoms with Crippen molar-refractivity contribution < 1.29 is 19.0 Å². The average molecular weight is 432 g/mol. The molecule has 1 aliphatic heterocycles. The number of hydrogen-bond donors (Lipinski definition) is 2. The summed E-state index contributed by atoms with van der Waals surface area (Å²) in [5.74, 6) is 1.04. The van der Waals surface area contributed by atoms with E-state index in [-0.39, 0.29) is 12.4 Å². The largest absolute Gasteiger partial charge is 0.493 e. The summed E-state index contributed by atoms with van der Waals surface area (Å²) in [6.07, 6.45) is -0.546. The number of piperazine rings is 1.